The number of hydrogen-bond acceptors (Lipinski definition) is 3. The van der Waals surface area contributed by atoms with Gasteiger partial charge in [0.1, 0.15) is 0 Å². The molecule has 2 heterocycles. The molecular weight excluding hydrogens is 168 g/mol. The highest BCUT2D eigenvalue weighted by Gasteiger charge is 2.42. The van der Waals surface area contributed by atoms with E-state index in [1.807, 2.05) is 5.51 Å². The number of nitrogens with one attached hydrogen (secondary N) is 1. The quantitative estimate of drug-likeness (QED) is 0.758. The lowest BCUT2D eigenvalue weighted by molar-refractivity contribution is 0.0962. The van der Waals surface area contributed by atoms with E-state index in [0.717, 1.165) is 6.54 Å². The Balaban J connectivity index is 2.17. The zero-order chi connectivity index (χ0) is 8.60. The first-order valence-electron chi connectivity index (χ1n) is 4.38. The van der Waals surface area contributed by atoms with Crippen LogP contribution in [-0.4, -0.2) is 11.5 Å². The Labute approximate surface area is 77.0 Å². The smallest absolute Gasteiger partial charge is 0.0795 e. The monoisotopic (exact) mass is 182 g/mol. The Hall–Kier alpha value is -0.410. The highest BCUT2D eigenvalue weighted by atomic mass is 32.1. The Kier molecular flexibility index (Phi) is 1.93. The molecule has 0 saturated carbocycles. The lowest BCUT2D eigenvalue weighted by atomic mass is 9.72. The second-order valence-corrected chi connectivity index (χ2v) is 4.45. The summed E-state index contributed by atoms with van der Waals surface area (Å²) in [7, 11) is 0. The third kappa shape index (κ3) is 1.08. The van der Waals surface area contributed by atoms with Crippen LogP contribution in [0.15, 0.2) is 10.9 Å². The maximum Gasteiger partial charge on any atom is 0.0795 e. The fourth-order valence-corrected chi connectivity index (χ4v) is 2.29. The highest BCUT2D eigenvalue weighted by Crippen LogP contribution is 2.42. The predicted octanol–water partition coefficient (Wildman–Crippen LogP) is 2.20. The highest BCUT2D eigenvalue weighted by molar-refractivity contribution is 7.07. The molecule has 0 aromatic carbocycles. The molecule has 0 radical (unpaired) electrons. The first kappa shape index (κ1) is 8.20. The summed E-state index contributed by atoms with van der Waals surface area (Å²) in [6.07, 6.45) is 1.22. The summed E-state index contributed by atoms with van der Waals surface area (Å²) >= 11 is 1.68. The largest absolute Gasteiger partial charge is 0.307 e. The molecule has 2 nitrogen and oxygen atoms in total. The summed E-state index contributed by atoms with van der Waals surface area (Å²) in [6.45, 7) is 5.71. The van der Waals surface area contributed by atoms with Gasteiger partial charge in [-0.25, -0.2) is 4.98 Å². The van der Waals surface area contributed by atoms with Crippen molar-refractivity contribution in [3.05, 3.63) is 16.6 Å². The third-order valence-electron chi connectivity index (χ3n) is 2.96. The van der Waals surface area contributed by atoms with Crippen molar-refractivity contribution in [2.24, 2.45) is 5.41 Å². The maximum atomic E-state index is 4.34. The fraction of sp³-hybridized carbons (Fsp3) is 0.667. The number of hydrogen-bond donors (Lipinski definition) is 1. The molecule has 1 aliphatic heterocycles. The van der Waals surface area contributed by atoms with Gasteiger partial charge in [-0.2, -0.15) is 0 Å². The van der Waals surface area contributed by atoms with Crippen molar-refractivity contribution in [3.63, 3.8) is 0 Å². The average molecular weight is 182 g/mol. The van der Waals surface area contributed by atoms with Crippen molar-refractivity contribution in [3.8, 4) is 0 Å². The predicted molar refractivity (Wildman–Crippen MR) is 51.3 cm³/mol. The summed E-state index contributed by atoms with van der Waals surface area (Å²) in [5, 5.41) is 5.58. The van der Waals surface area contributed by atoms with Gasteiger partial charge in [0.15, 0.2) is 0 Å². The van der Waals surface area contributed by atoms with E-state index in [0.29, 0.717) is 11.5 Å². The van der Waals surface area contributed by atoms with Gasteiger partial charge >= 0.3 is 0 Å². The van der Waals surface area contributed by atoms with Crippen molar-refractivity contribution in [1.82, 2.24) is 10.3 Å². The van der Waals surface area contributed by atoms with Crippen molar-refractivity contribution >= 4 is 11.3 Å². The van der Waals surface area contributed by atoms with E-state index in [1.54, 1.807) is 11.3 Å². The van der Waals surface area contributed by atoms with Crippen LogP contribution in [0.2, 0.25) is 0 Å². The Bertz CT molecular complexity index is 254. The molecule has 2 rings (SSSR count). The molecule has 66 valence electrons. The molecule has 1 aliphatic rings. The van der Waals surface area contributed by atoms with Crippen LogP contribution in [0.5, 0.6) is 0 Å². The van der Waals surface area contributed by atoms with Crippen molar-refractivity contribution in [1.29, 1.82) is 0 Å². The van der Waals surface area contributed by atoms with Crippen molar-refractivity contribution < 1.29 is 0 Å². The molecule has 12 heavy (non-hydrogen) atoms. The van der Waals surface area contributed by atoms with E-state index in [9.17, 15) is 0 Å². The Morgan fingerprint density at radius 2 is 2.67 bits per heavy atom. The molecule has 1 aromatic rings. The molecule has 0 aliphatic carbocycles. The minimum atomic E-state index is 0.439. The normalized spacial score (nSPS) is 34.7. The summed E-state index contributed by atoms with van der Waals surface area (Å²) in [5.41, 5.74) is 3.56. The van der Waals surface area contributed by atoms with Gasteiger partial charge in [-0.1, -0.05) is 13.8 Å². The zero-order valence-corrected chi connectivity index (χ0v) is 8.32. The molecule has 1 aromatic heterocycles. The molecule has 0 amide bonds. The van der Waals surface area contributed by atoms with Gasteiger partial charge in [-0.15, -0.1) is 11.3 Å². The molecule has 0 bridgehead atoms. The molecule has 1 fully saturated rings. The number of thiazole rings is 1. The number of nitrogens with zero attached hydrogens (tertiary/aromatic N) is 1. The topological polar surface area (TPSA) is 24.9 Å². The average Bonchev–Trinajstić information content (AvgIpc) is 2.54. The van der Waals surface area contributed by atoms with Crippen LogP contribution in [0.4, 0.5) is 0 Å². The van der Waals surface area contributed by atoms with E-state index in [4.69, 9.17) is 0 Å². The van der Waals surface area contributed by atoms with Crippen LogP contribution in [0, 0.1) is 5.41 Å². The first-order valence-corrected chi connectivity index (χ1v) is 5.32. The van der Waals surface area contributed by atoms with Gasteiger partial charge in [0.25, 0.3) is 0 Å². The third-order valence-corrected chi connectivity index (χ3v) is 3.57. The van der Waals surface area contributed by atoms with E-state index in [-0.39, 0.29) is 0 Å². The van der Waals surface area contributed by atoms with E-state index < -0.39 is 0 Å². The molecule has 2 atom stereocenters. The summed E-state index contributed by atoms with van der Waals surface area (Å²) in [6, 6.07) is 0.494. The second-order valence-electron chi connectivity index (χ2n) is 3.73. The van der Waals surface area contributed by atoms with Gasteiger partial charge < -0.3 is 5.32 Å². The Morgan fingerprint density at radius 3 is 3.08 bits per heavy atom. The molecule has 3 heteroatoms. The van der Waals surface area contributed by atoms with Crippen LogP contribution < -0.4 is 5.32 Å². The van der Waals surface area contributed by atoms with Crippen LogP contribution in [0.25, 0.3) is 0 Å². The standard InChI is InChI=1S/C9H14N2S/c1-3-9(2)5-10-8(9)7-4-12-6-11-7/h4,6,8,10H,3,5H2,1-2H3. The lowest BCUT2D eigenvalue weighted by Crippen LogP contribution is -2.54. The summed E-state index contributed by atoms with van der Waals surface area (Å²) in [5.74, 6) is 0. The van der Waals surface area contributed by atoms with Crippen molar-refractivity contribution in [2.45, 2.75) is 26.3 Å². The van der Waals surface area contributed by atoms with Crippen LogP contribution in [0.3, 0.4) is 0 Å². The van der Waals surface area contributed by atoms with Gasteiger partial charge in [0, 0.05) is 17.3 Å². The summed E-state index contributed by atoms with van der Waals surface area (Å²) in [4.78, 5) is 4.34. The minimum absolute atomic E-state index is 0.439. The Morgan fingerprint density at radius 1 is 1.83 bits per heavy atom. The molecule has 1 N–H and O–H groups in total. The maximum absolute atomic E-state index is 4.34. The van der Waals surface area contributed by atoms with Gasteiger partial charge in [-0.3, -0.25) is 0 Å². The molecule has 0 spiro atoms. The number of rotatable bonds is 2. The molecule has 1 saturated heterocycles. The van der Waals surface area contributed by atoms with Gasteiger partial charge in [0.2, 0.25) is 0 Å². The SMILES string of the molecule is CCC1(C)CNC1c1cscn1. The van der Waals surface area contributed by atoms with Crippen LogP contribution in [-0.2, 0) is 0 Å². The van der Waals surface area contributed by atoms with Crippen LogP contribution in [0.1, 0.15) is 32.0 Å². The zero-order valence-electron chi connectivity index (χ0n) is 7.50. The molecular formula is C9H14N2S. The molecule has 2 unspecified atom stereocenters. The second kappa shape index (κ2) is 2.82. The van der Waals surface area contributed by atoms with E-state index >= 15 is 0 Å². The van der Waals surface area contributed by atoms with Crippen molar-refractivity contribution in [2.75, 3.05) is 6.54 Å². The minimum Gasteiger partial charge on any atom is -0.307 e. The van der Waals surface area contributed by atoms with Gasteiger partial charge in [-0.05, 0) is 6.42 Å². The summed E-state index contributed by atoms with van der Waals surface area (Å²) < 4.78 is 0. The fourth-order valence-electron chi connectivity index (χ4n) is 1.71. The first-order chi connectivity index (χ1) is 5.76. The van der Waals surface area contributed by atoms with E-state index in [1.165, 1.54) is 12.1 Å². The lowest BCUT2D eigenvalue weighted by Gasteiger charge is -2.47. The van der Waals surface area contributed by atoms with Gasteiger partial charge in [0.05, 0.1) is 17.2 Å². The van der Waals surface area contributed by atoms with Crippen LogP contribution >= 0.6 is 11.3 Å². The van der Waals surface area contributed by atoms with E-state index in [2.05, 4.69) is 29.5 Å². The number of aromatic nitrogens is 1.